The predicted molar refractivity (Wildman–Crippen MR) is 90.5 cm³/mol. The molecule has 1 aromatic heterocycles. The van der Waals surface area contributed by atoms with Crippen LogP contribution in [0.2, 0.25) is 0 Å². The van der Waals surface area contributed by atoms with E-state index in [0.29, 0.717) is 0 Å². The highest BCUT2D eigenvalue weighted by molar-refractivity contribution is 5.85. The van der Waals surface area contributed by atoms with Gasteiger partial charge in [-0.05, 0) is 54.3 Å². The van der Waals surface area contributed by atoms with Crippen LogP contribution in [0.3, 0.4) is 0 Å². The minimum atomic E-state index is -0.190. The number of fused-ring (bicyclic) bond motifs is 1. The van der Waals surface area contributed by atoms with Gasteiger partial charge in [0.05, 0.1) is 6.21 Å². The first-order chi connectivity index (χ1) is 11.1. The molecule has 0 atom stereocenters. The fraction of sp³-hybridized carbons (Fsp3) is 0.111. The van der Waals surface area contributed by atoms with Gasteiger partial charge < -0.3 is 9.67 Å². The molecule has 0 bridgehead atoms. The molecule has 0 aliphatic heterocycles. The molecule has 0 saturated carbocycles. The second-order valence-corrected chi connectivity index (χ2v) is 5.32. The maximum atomic E-state index is 12.1. The van der Waals surface area contributed by atoms with E-state index in [1.165, 1.54) is 6.21 Å². The summed E-state index contributed by atoms with van der Waals surface area (Å²) >= 11 is 0. The van der Waals surface area contributed by atoms with Gasteiger partial charge in [0, 0.05) is 11.2 Å². The fourth-order valence-electron chi connectivity index (χ4n) is 2.48. The Bertz CT molecular complexity index is 864. The van der Waals surface area contributed by atoms with Crippen LogP contribution in [0.15, 0.2) is 59.7 Å². The molecular formula is C18H17N3O2. The van der Waals surface area contributed by atoms with Gasteiger partial charge in [-0.1, -0.05) is 18.2 Å². The van der Waals surface area contributed by atoms with Gasteiger partial charge in [0.15, 0.2) is 0 Å². The third-order valence-electron chi connectivity index (χ3n) is 3.62. The van der Waals surface area contributed by atoms with Crippen molar-refractivity contribution in [2.45, 2.75) is 13.5 Å². The summed E-state index contributed by atoms with van der Waals surface area (Å²) in [6.45, 7) is 2.19. The summed E-state index contributed by atoms with van der Waals surface area (Å²) in [4.78, 5) is 12.1. The molecule has 0 fully saturated rings. The van der Waals surface area contributed by atoms with E-state index in [4.69, 9.17) is 0 Å². The summed E-state index contributed by atoms with van der Waals surface area (Å²) in [5, 5.41) is 14.3. The molecule has 3 rings (SSSR count). The van der Waals surface area contributed by atoms with Crippen LogP contribution < -0.4 is 5.43 Å². The number of nitrogens with zero attached hydrogens (tertiary/aromatic N) is 2. The van der Waals surface area contributed by atoms with Gasteiger partial charge >= 0.3 is 0 Å². The van der Waals surface area contributed by atoms with Crippen LogP contribution >= 0.6 is 0 Å². The molecule has 2 aromatic carbocycles. The minimum Gasteiger partial charge on any atom is -0.508 e. The van der Waals surface area contributed by atoms with Crippen molar-refractivity contribution in [1.82, 2.24) is 9.99 Å². The highest BCUT2D eigenvalue weighted by Crippen LogP contribution is 2.18. The number of carbonyl (C=O) groups is 1. The van der Waals surface area contributed by atoms with E-state index in [1.54, 1.807) is 24.3 Å². The predicted octanol–water partition coefficient (Wildman–Crippen LogP) is 2.81. The molecule has 0 spiro atoms. The number of aryl methyl sites for hydroxylation is 1. The molecule has 0 aliphatic rings. The summed E-state index contributed by atoms with van der Waals surface area (Å²) < 4.78 is 1.96. The summed E-state index contributed by atoms with van der Waals surface area (Å²) in [5.74, 6) is 0.00521. The lowest BCUT2D eigenvalue weighted by Gasteiger charge is -2.06. The summed E-state index contributed by atoms with van der Waals surface area (Å²) in [6, 6.07) is 16.6. The number of nitrogens with one attached hydrogen (secondary N) is 1. The second kappa shape index (κ2) is 6.36. The van der Waals surface area contributed by atoms with Crippen molar-refractivity contribution in [2.75, 3.05) is 0 Å². The number of aromatic nitrogens is 1. The zero-order valence-electron chi connectivity index (χ0n) is 12.7. The van der Waals surface area contributed by atoms with Crippen molar-refractivity contribution < 1.29 is 9.90 Å². The number of phenols is 1. The number of phenolic OH excluding ortho intramolecular Hbond substituents is 1. The van der Waals surface area contributed by atoms with Gasteiger partial charge in [-0.15, -0.1) is 0 Å². The molecule has 5 nitrogen and oxygen atoms in total. The largest absolute Gasteiger partial charge is 0.508 e. The van der Waals surface area contributed by atoms with Crippen molar-refractivity contribution in [1.29, 1.82) is 0 Å². The van der Waals surface area contributed by atoms with Gasteiger partial charge in [-0.25, -0.2) is 5.43 Å². The normalized spacial score (nSPS) is 11.2. The molecule has 5 heteroatoms. The second-order valence-electron chi connectivity index (χ2n) is 5.32. The van der Waals surface area contributed by atoms with Gasteiger partial charge in [-0.3, -0.25) is 4.79 Å². The number of aromatic hydroxyl groups is 1. The zero-order valence-corrected chi connectivity index (χ0v) is 12.7. The number of hydrazone groups is 1. The van der Waals surface area contributed by atoms with Crippen LogP contribution in [-0.2, 0) is 11.3 Å². The van der Waals surface area contributed by atoms with Crippen molar-refractivity contribution in [3.05, 3.63) is 65.9 Å². The third kappa shape index (κ3) is 3.40. The van der Waals surface area contributed by atoms with E-state index < -0.39 is 0 Å². The van der Waals surface area contributed by atoms with Crippen molar-refractivity contribution in [2.24, 2.45) is 5.10 Å². The Morgan fingerprint density at radius 1 is 1.22 bits per heavy atom. The molecular weight excluding hydrogens is 290 g/mol. The molecule has 3 aromatic rings. The van der Waals surface area contributed by atoms with Crippen LogP contribution in [0.1, 0.15) is 11.3 Å². The van der Waals surface area contributed by atoms with E-state index in [-0.39, 0.29) is 18.2 Å². The number of rotatable bonds is 4. The van der Waals surface area contributed by atoms with E-state index >= 15 is 0 Å². The van der Waals surface area contributed by atoms with Gasteiger partial charge in [0.1, 0.15) is 12.3 Å². The Labute approximate surface area is 133 Å². The fourth-order valence-corrected chi connectivity index (χ4v) is 2.48. The standard InChI is InChI=1S/C18H17N3O2/c1-13-10-15-4-2-3-5-17(15)21(13)12-18(23)20-19-11-14-6-8-16(22)9-7-14/h2-11,22H,12H2,1H3,(H,20,23)/b19-11-. The van der Waals surface area contributed by atoms with E-state index in [0.717, 1.165) is 22.2 Å². The van der Waals surface area contributed by atoms with Crippen LogP contribution in [0.5, 0.6) is 5.75 Å². The van der Waals surface area contributed by atoms with Crippen molar-refractivity contribution >= 4 is 23.0 Å². The SMILES string of the molecule is Cc1cc2ccccc2n1CC(=O)N/N=C\c1ccc(O)cc1. The summed E-state index contributed by atoms with van der Waals surface area (Å²) in [5.41, 5.74) is 5.38. The Hall–Kier alpha value is -3.08. The average Bonchev–Trinajstić information content (AvgIpc) is 2.85. The molecule has 1 heterocycles. The zero-order chi connectivity index (χ0) is 16.2. The Morgan fingerprint density at radius 3 is 2.74 bits per heavy atom. The molecule has 0 saturated heterocycles. The Kier molecular flexibility index (Phi) is 4.10. The molecule has 0 radical (unpaired) electrons. The smallest absolute Gasteiger partial charge is 0.259 e. The van der Waals surface area contributed by atoms with Gasteiger partial charge in [0.2, 0.25) is 0 Å². The van der Waals surface area contributed by atoms with Crippen molar-refractivity contribution in [3.8, 4) is 5.75 Å². The van der Waals surface area contributed by atoms with Gasteiger partial charge in [-0.2, -0.15) is 5.10 Å². The first kappa shape index (κ1) is 14.8. The van der Waals surface area contributed by atoms with Crippen LogP contribution in [0, 0.1) is 6.92 Å². The first-order valence-corrected chi connectivity index (χ1v) is 7.29. The lowest BCUT2D eigenvalue weighted by molar-refractivity contribution is -0.121. The maximum Gasteiger partial charge on any atom is 0.259 e. The van der Waals surface area contributed by atoms with Crippen molar-refractivity contribution in [3.63, 3.8) is 0 Å². The molecule has 116 valence electrons. The number of hydrogen-bond donors (Lipinski definition) is 2. The lowest BCUT2D eigenvalue weighted by atomic mass is 10.2. The molecule has 0 aliphatic carbocycles. The molecule has 2 N–H and O–H groups in total. The number of hydrogen-bond acceptors (Lipinski definition) is 3. The Morgan fingerprint density at radius 2 is 1.96 bits per heavy atom. The topological polar surface area (TPSA) is 66.6 Å². The summed E-state index contributed by atoms with van der Waals surface area (Å²) in [7, 11) is 0. The quantitative estimate of drug-likeness (QED) is 0.575. The molecule has 23 heavy (non-hydrogen) atoms. The molecule has 0 unspecified atom stereocenters. The molecule has 1 amide bonds. The average molecular weight is 307 g/mol. The summed E-state index contributed by atoms with van der Waals surface area (Å²) in [6.07, 6.45) is 1.54. The number of para-hydroxylation sites is 1. The van der Waals surface area contributed by atoms with Crippen LogP contribution in [0.4, 0.5) is 0 Å². The number of carbonyl (C=O) groups excluding carboxylic acids is 1. The van der Waals surface area contributed by atoms with E-state index in [9.17, 15) is 9.90 Å². The number of benzene rings is 2. The minimum absolute atomic E-state index is 0.190. The Balaban J connectivity index is 1.67. The van der Waals surface area contributed by atoms with Crippen LogP contribution in [0.25, 0.3) is 10.9 Å². The third-order valence-corrected chi connectivity index (χ3v) is 3.62. The van der Waals surface area contributed by atoms with E-state index in [1.807, 2.05) is 35.8 Å². The maximum absolute atomic E-state index is 12.1. The number of amides is 1. The highest BCUT2D eigenvalue weighted by atomic mass is 16.3. The monoisotopic (exact) mass is 307 g/mol. The van der Waals surface area contributed by atoms with Crippen LogP contribution in [-0.4, -0.2) is 21.8 Å². The van der Waals surface area contributed by atoms with E-state index in [2.05, 4.69) is 16.6 Å². The first-order valence-electron chi connectivity index (χ1n) is 7.29. The van der Waals surface area contributed by atoms with Gasteiger partial charge in [0.25, 0.3) is 5.91 Å². The lowest BCUT2D eigenvalue weighted by Crippen LogP contribution is -2.23. The highest BCUT2D eigenvalue weighted by Gasteiger charge is 2.08.